The quantitative estimate of drug-likeness (QED) is 0.480. The fraction of sp³-hybridized carbons (Fsp3) is 0.333. The van der Waals surface area contributed by atoms with Gasteiger partial charge < -0.3 is 5.32 Å². The monoisotopic (exact) mass is 218 g/mol. The smallest absolute Gasteiger partial charge is 0.271 e. The van der Waals surface area contributed by atoms with Crippen LogP contribution in [-0.4, -0.2) is 11.0 Å². The molecule has 1 aromatic carbocycles. The molecule has 0 saturated heterocycles. The first-order valence-corrected chi connectivity index (χ1v) is 5.06. The summed E-state index contributed by atoms with van der Waals surface area (Å²) in [4.78, 5) is 10.2. The average molecular weight is 218 g/mol. The number of benzene rings is 1. The van der Waals surface area contributed by atoms with Crippen molar-refractivity contribution in [3.05, 3.63) is 33.9 Å². The van der Waals surface area contributed by atoms with Gasteiger partial charge in [-0.1, -0.05) is 18.9 Å². The molecular weight excluding hydrogens is 204 g/mol. The fourth-order valence-electron chi connectivity index (χ4n) is 1.33. The zero-order valence-corrected chi connectivity index (χ0v) is 9.36. The number of hydrogen-bond acceptors (Lipinski definition) is 3. The largest absolute Gasteiger partial charge is 0.371 e. The topological polar surface area (TPSA) is 55.2 Å². The Balaban J connectivity index is 2.99. The third-order valence-corrected chi connectivity index (χ3v) is 2.37. The van der Waals surface area contributed by atoms with Crippen molar-refractivity contribution >= 4 is 11.4 Å². The molecule has 1 N–H and O–H groups in total. The predicted molar refractivity (Wildman–Crippen MR) is 64.4 cm³/mol. The van der Waals surface area contributed by atoms with E-state index >= 15 is 0 Å². The van der Waals surface area contributed by atoms with Gasteiger partial charge in [-0.15, -0.1) is 6.42 Å². The van der Waals surface area contributed by atoms with Crippen molar-refractivity contribution in [1.29, 1.82) is 0 Å². The normalized spacial score (nSPS) is 11.6. The van der Waals surface area contributed by atoms with E-state index in [4.69, 9.17) is 6.42 Å². The minimum absolute atomic E-state index is 0.0694. The lowest BCUT2D eigenvalue weighted by Gasteiger charge is -2.14. The maximum Gasteiger partial charge on any atom is 0.271 e. The number of nitrogens with one attached hydrogen (secondary N) is 1. The molecule has 1 atom stereocenters. The van der Waals surface area contributed by atoms with Crippen LogP contribution in [0.2, 0.25) is 0 Å². The van der Waals surface area contributed by atoms with Gasteiger partial charge in [0.1, 0.15) is 0 Å². The lowest BCUT2D eigenvalue weighted by atomic mass is 10.1. The van der Waals surface area contributed by atoms with Crippen molar-refractivity contribution in [2.45, 2.75) is 26.3 Å². The zero-order chi connectivity index (χ0) is 12.1. The second-order valence-corrected chi connectivity index (χ2v) is 3.53. The molecular formula is C12H14N2O2. The highest BCUT2D eigenvalue weighted by Gasteiger charge is 2.10. The SMILES string of the molecule is C#CC(CC)Nc1cc([N+](=O)[O-])ccc1C. The summed E-state index contributed by atoms with van der Waals surface area (Å²) in [6.07, 6.45) is 6.11. The van der Waals surface area contributed by atoms with Gasteiger partial charge in [0.2, 0.25) is 0 Å². The molecule has 0 saturated carbocycles. The lowest BCUT2D eigenvalue weighted by Crippen LogP contribution is -2.16. The number of hydrogen-bond donors (Lipinski definition) is 1. The van der Waals surface area contributed by atoms with Crippen LogP contribution >= 0.6 is 0 Å². The first-order valence-electron chi connectivity index (χ1n) is 5.06. The Hall–Kier alpha value is -2.02. The maximum absolute atomic E-state index is 10.6. The summed E-state index contributed by atoms with van der Waals surface area (Å²) >= 11 is 0. The van der Waals surface area contributed by atoms with Gasteiger partial charge in [-0.3, -0.25) is 10.1 Å². The van der Waals surface area contributed by atoms with E-state index in [1.54, 1.807) is 6.07 Å². The second kappa shape index (κ2) is 5.17. The van der Waals surface area contributed by atoms with Gasteiger partial charge in [-0.05, 0) is 18.9 Å². The standard InChI is InChI=1S/C12H14N2O2/c1-4-10(5-2)13-12-8-11(14(15)16)7-6-9(12)3/h1,6-8,10,13H,5H2,2-3H3. The van der Waals surface area contributed by atoms with Gasteiger partial charge in [-0.2, -0.15) is 0 Å². The molecule has 0 aliphatic heterocycles. The fourth-order valence-corrected chi connectivity index (χ4v) is 1.33. The highest BCUT2D eigenvalue weighted by molar-refractivity contribution is 5.58. The summed E-state index contributed by atoms with van der Waals surface area (Å²) in [5.41, 5.74) is 1.73. The molecule has 4 nitrogen and oxygen atoms in total. The molecule has 1 rings (SSSR count). The van der Waals surface area contributed by atoms with E-state index in [1.807, 2.05) is 13.8 Å². The summed E-state index contributed by atoms with van der Waals surface area (Å²) in [5, 5.41) is 13.7. The molecule has 0 aliphatic rings. The van der Waals surface area contributed by atoms with E-state index in [0.717, 1.165) is 17.7 Å². The van der Waals surface area contributed by atoms with Gasteiger partial charge in [0.05, 0.1) is 11.0 Å². The van der Waals surface area contributed by atoms with E-state index in [2.05, 4.69) is 11.2 Å². The van der Waals surface area contributed by atoms with Crippen LogP contribution in [0, 0.1) is 29.4 Å². The first-order chi connectivity index (χ1) is 7.58. The molecule has 0 aliphatic carbocycles. The van der Waals surface area contributed by atoms with Crippen LogP contribution < -0.4 is 5.32 Å². The Labute approximate surface area is 94.8 Å². The zero-order valence-electron chi connectivity index (χ0n) is 9.36. The molecule has 0 bridgehead atoms. The number of anilines is 1. The molecule has 0 heterocycles. The third-order valence-electron chi connectivity index (χ3n) is 2.37. The Morgan fingerprint density at radius 2 is 2.31 bits per heavy atom. The Kier molecular flexibility index (Phi) is 3.90. The van der Waals surface area contributed by atoms with Crippen LogP contribution in [0.1, 0.15) is 18.9 Å². The highest BCUT2D eigenvalue weighted by Crippen LogP contribution is 2.22. The number of nitro benzene ring substituents is 1. The summed E-state index contributed by atoms with van der Waals surface area (Å²) < 4.78 is 0. The number of terminal acetylenes is 1. The highest BCUT2D eigenvalue weighted by atomic mass is 16.6. The van der Waals surface area contributed by atoms with E-state index in [0.29, 0.717) is 0 Å². The molecule has 16 heavy (non-hydrogen) atoms. The van der Waals surface area contributed by atoms with E-state index in [1.165, 1.54) is 12.1 Å². The van der Waals surface area contributed by atoms with Crippen molar-refractivity contribution in [2.24, 2.45) is 0 Å². The van der Waals surface area contributed by atoms with Crippen molar-refractivity contribution in [3.8, 4) is 12.3 Å². The molecule has 4 heteroatoms. The number of aryl methyl sites for hydroxylation is 1. The Morgan fingerprint density at radius 3 is 2.81 bits per heavy atom. The molecule has 0 amide bonds. The third kappa shape index (κ3) is 2.74. The average Bonchev–Trinajstić information content (AvgIpc) is 2.27. The van der Waals surface area contributed by atoms with Crippen LogP contribution in [0.3, 0.4) is 0 Å². The summed E-state index contributed by atoms with van der Waals surface area (Å²) in [5.74, 6) is 2.60. The van der Waals surface area contributed by atoms with Crippen LogP contribution in [0.15, 0.2) is 18.2 Å². The molecule has 0 spiro atoms. The van der Waals surface area contributed by atoms with Gasteiger partial charge in [0.25, 0.3) is 5.69 Å². The van der Waals surface area contributed by atoms with Gasteiger partial charge >= 0.3 is 0 Å². The molecule has 1 aromatic rings. The van der Waals surface area contributed by atoms with Crippen molar-refractivity contribution in [1.82, 2.24) is 0 Å². The van der Waals surface area contributed by atoms with E-state index in [9.17, 15) is 10.1 Å². The summed E-state index contributed by atoms with van der Waals surface area (Å²) in [6.45, 7) is 3.85. The van der Waals surface area contributed by atoms with Crippen molar-refractivity contribution in [2.75, 3.05) is 5.32 Å². The molecule has 0 radical (unpaired) electrons. The van der Waals surface area contributed by atoms with Gasteiger partial charge in [0.15, 0.2) is 0 Å². The number of nitrogens with zero attached hydrogens (tertiary/aromatic N) is 1. The molecule has 0 aromatic heterocycles. The van der Waals surface area contributed by atoms with Crippen LogP contribution in [0.5, 0.6) is 0 Å². The Morgan fingerprint density at radius 1 is 1.62 bits per heavy atom. The number of rotatable bonds is 4. The Bertz CT molecular complexity index is 435. The van der Waals surface area contributed by atoms with Crippen molar-refractivity contribution in [3.63, 3.8) is 0 Å². The second-order valence-electron chi connectivity index (χ2n) is 3.53. The molecule has 84 valence electrons. The first kappa shape index (κ1) is 12.1. The van der Waals surface area contributed by atoms with Crippen LogP contribution in [0.25, 0.3) is 0 Å². The van der Waals surface area contributed by atoms with Gasteiger partial charge in [0, 0.05) is 17.8 Å². The lowest BCUT2D eigenvalue weighted by molar-refractivity contribution is -0.384. The summed E-state index contributed by atoms with van der Waals surface area (Å²) in [6, 6.07) is 4.61. The number of nitro groups is 1. The van der Waals surface area contributed by atoms with Crippen LogP contribution in [0.4, 0.5) is 11.4 Å². The van der Waals surface area contributed by atoms with Crippen molar-refractivity contribution < 1.29 is 4.92 Å². The summed E-state index contributed by atoms with van der Waals surface area (Å²) in [7, 11) is 0. The molecule has 0 fully saturated rings. The molecule has 1 unspecified atom stereocenters. The number of non-ortho nitro benzene ring substituents is 1. The minimum atomic E-state index is -0.415. The van der Waals surface area contributed by atoms with Crippen LogP contribution in [-0.2, 0) is 0 Å². The predicted octanol–water partition coefficient (Wildman–Crippen LogP) is 2.73. The maximum atomic E-state index is 10.6. The van der Waals surface area contributed by atoms with E-state index < -0.39 is 4.92 Å². The minimum Gasteiger partial charge on any atom is -0.371 e. The van der Waals surface area contributed by atoms with E-state index in [-0.39, 0.29) is 11.7 Å². The van der Waals surface area contributed by atoms with Gasteiger partial charge in [-0.25, -0.2) is 0 Å².